The van der Waals surface area contributed by atoms with Gasteiger partial charge in [0.25, 0.3) is 0 Å². The minimum absolute atomic E-state index is 1.08. The van der Waals surface area contributed by atoms with E-state index in [-0.39, 0.29) is 0 Å². The van der Waals surface area contributed by atoms with Crippen molar-refractivity contribution in [2.24, 2.45) is 0 Å². The summed E-state index contributed by atoms with van der Waals surface area (Å²) in [5.41, 5.74) is 4.16. The maximum Gasteiger partial charge on any atom is -0.00991 e. The van der Waals surface area contributed by atoms with E-state index in [1.807, 2.05) is 0 Å². The zero-order valence-corrected chi connectivity index (χ0v) is 11.6. The fraction of sp³-hybridized carbons (Fsp3) is 0.100. The van der Waals surface area contributed by atoms with Crippen LogP contribution in [0.5, 0.6) is 0 Å². The Labute approximate surface area is 119 Å². The molecule has 0 amide bonds. The lowest BCUT2D eigenvalue weighted by molar-refractivity contribution is 1.25. The molecule has 0 spiro atoms. The molecule has 1 aliphatic carbocycles. The Kier molecular flexibility index (Phi) is 2.50. The number of hydrogen-bond acceptors (Lipinski definition) is 0. The average molecular weight is 256 g/mol. The highest BCUT2D eigenvalue weighted by Crippen LogP contribution is 2.34. The average Bonchev–Trinajstić information content (AvgIpc) is 2.93. The van der Waals surface area contributed by atoms with Gasteiger partial charge in [-0.1, -0.05) is 72.3 Å². The van der Waals surface area contributed by atoms with Gasteiger partial charge in [-0.05, 0) is 46.0 Å². The number of allylic oxidation sites excluding steroid dienone is 4. The van der Waals surface area contributed by atoms with Gasteiger partial charge in [-0.3, -0.25) is 0 Å². The van der Waals surface area contributed by atoms with E-state index in [4.69, 9.17) is 0 Å². The zero-order valence-electron chi connectivity index (χ0n) is 11.6. The molecule has 1 aliphatic rings. The first-order chi connectivity index (χ1) is 9.83. The first-order valence-electron chi connectivity index (χ1n) is 7.11. The summed E-state index contributed by atoms with van der Waals surface area (Å²) in [5.74, 6) is 0. The van der Waals surface area contributed by atoms with Gasteiger partial charge < -0.3 is 0 Å². The molecule has 3 aromatic carbocycles. The molecule has 0 saturated heterocycles. The molecule has 0 heteroatoms. The van der Waals surface area contributed by atoms with E-state index in [0.29, 0.717) is 0 Å². The first kappa shape index (κ1) is 11.5. The molecule has 0 aliphatic heterocycles. The van der Waals surface area contributed by atoms with E-state index in [9.17, 15) is 0 Å². The lowest BCUT2D eigenvalue weighted by Gasteiger charge is -2.09. The smallest absolute Gasteiger partial charge is 0.00991 e. The molecule has 0 heterocycles. The predicted octanol–water partition coefficient (Wildman–Crippen LogP) is 5.73. The standard InChI is InChI=1S/C20H16/c1-14-9-10-16(13-14)18-7-4-8-19-17-6-3-2-5-15(17)11-12-20(18)19/h2-8,10-13H,9H2,1H3. The Morgan fingerprint density at radius 1 is 0.750 bits per heavy atom. The monoisotopic (exact) mass is 256 g/mol. The second-order valence-corrected chi connectivity index (χ2v) is 5.54. The Morgan fingerprint density at radius 2 is 1.60 bits per heavy atom. The molecule has 0 unspecified atom stereocenters. The third-order valence-corrected chi connectivity index (χ3v) is 4.14. The van der Waals surface area contributed by atoms with Crippen LogP contribution in [0.25, 0.3) is 27.1 Å². The van der Waals surface area contributed by atoms with Crippen LogP contribution in [0.15, 0.2) is 72.3 Å². The van der Waals surface area contributed by atoms with Crippen molar-refractivity contribution in [1.29, 1.82) is 0 Å². The Morgan fingerprint density at radius 3 is 2.45 bits per heavy atom. The maximum absolute atomic E-state index is 2.33. The third-order valence-electron chi connectivity index (χ3n) is 4.14. The van der Waals surface area contributed by atoms with Gasteiger partial charge in [0.2, 0.25) is 0 Å². The van der Waals surface area contributed by atoms with Crippen LogP contribution in [-0.2, 0) is 0 Å². The topological polar surface area (TPSA) is 0 Å². The van der Waals surface area contributed by atoms with Crippen molar-refractivity contribution in [3.8, 4) is 0 Å². The Bertz CT molecular complexity index is 879. The van der Waals surface area contributed by atoms with Crippen LogP contribution in [0.2, 0.25) is 0 Å². The summed E-state index contributed by atoms with van der Waals surface area (Å²) in [6.45, 7) is 2.20. The fourth-order valence-electron chi connectivity index (χ4n) is 3.13. The first-order valence-corrected chi connectivity index (χ1v) is 7.11. The van der Waals surface area contributed by atoms with Gasteiger partial charge in [-0.2, -0.15) is 0 Å². The lowest BCUT2D eigenvalue weighted by atomic mass is 9.95. The summed E-state index contributed by atoms with van der Waals surface area (Å²) in [4.78, 5) is 0. The van der Waals surface area contributed by atoms with Crippen molar-refractivity contribution in [1.82, 2.24) is 0 Å². The highest BCUT2D eigenvalue weighted by molar-refractivity contribution is 6.11. The van der Waals surface area contributed by atoms with Crippen molar-refractivity contribution in [3.63, 3.8) is 0 Å². The molecule has 20 heavy (non-hydrogen) atoms. The van der Waals surface area contributed by atoms with Gasteiger partial charge in [0.05, 0.1) is 0 Å². The van der Waals surface area contributed by atoms with Gasteiger partial charge in [-0.25, -0.2) is 0 Å². The Balaban J connectivity index is 2.07. The summed E-state index contributed by atoms with van der Waals surface area (Å²) in [6.07, 6.45) is 5.72. The quantitative estimate of drug-likeness (QED) is 0.488. The predicted molar refractivity (Wildman–Crippen MR) is 87.8 cm³/mol. The minimum atomic E-state index is 1.08. The molecule has 0 aromatic heterocycles. The van der Waals surface area contributed by atoms with Gasteiger partial charge in [0, 0.05) is 0 Å². The number of fused-ring (bicyclic) bond motifs is 3. The highest BCUT2D eigenvalue weighted by atomic mass is 14.1. The zero-order chi connectivity index (χ0) is 13.5. The summed E-state index contributed by atoms with van der Waals surface area (Å²) in [5, 5.41) is 5.35. The molecule has 0 radical (unpaired) electrons. The molecule has 96 valence electrons. The van der Waals surface area contributed by atoms with Crippen molar-refractivity contribution in [3.05, 3.63) is 77.9 Å². The molecule has 3 aromatic rings. The second-order valence-electron chi connectivity index (χ2n) is 5.54. The summed E-state index contributed by atoms with van der Waals surface area (Å²) in [7, 11) is 0. The lowest BCUT2D eigenvalue weighted by Crippen LogP contribution is -1.84. The summed E-state index contributed by atoms with van der Waals surface area (Å²) >= 11 is 0. The fourth-order valence-corrected chi connectivity index (χ4v) is 3.13. The van der Waals surface area contributed by atoms with E-state index in [1.165, 1.54) is 38.3 Å². The number of hydrogen-bond donors (Lipinski definition) is 0. The van der Waals surface area contributed by atoms with Gasteiger partial charge in [0.1, 0.15) is 0 Å². The number of benzene rings is 3. The van der Waals surface area contributed by atoms with Crippen LogP contribution < -0.4 is 0 Å². The van der Waals surface area contributed by atoms with E-state index < -0.39 is 0 Å². The van der Waals surface area contributed by atoms with Crippen molar-refractivity contribution < 1.29 is 0 Å². The van der Waals surface area contributed by atoms with Crippen LogP contribution in [0.1, 0.15) is 18.9 Å². The van der Waals surface area contributed by atoms with Crippen LogP contribution in [-0.4, -0.2) is 0 Å². The summed E-state index contributed by atoms with van der Waals surface area (Å²) < 4.78 is 0. The van der Waals surface area contributed by atoms with Crippen molar-refractivity contribution >= 4 is 27.1 Å². The molecule has 4 rings (SSSR count). The van der Waals surface area contributed by atoms with E-state index in [2.05, 4.69) is 73.7 Å². The molecule has 0 bridgehead atoms. The van der Waals surface area contributed by atoms with E-state index >= 15 is 0 Å². The van der Waals surface area contributed by atoms with E-state index in [1.54, 1.807) is 0 Å². The SMILES string of the molecule is CC1=CC(c2cccc3c2ccc2ccccc23)=CC1. The van der Waals surface area contributed by atoms with E-state index in [0.717, 1.165) is 6.42 Å². The molecule has 0 N–H and O–H groups in total. The number of rotatable bonds is 1. The second kappa shape index (κ2) is 4.35. The van der Waals surface area contributed by atoms with Gasteiger partial charge in [0.15, 0.2) is 0 Å². The van der Waals surface area contributed by atoms with Crippen LogP contribution in [0.4, 0.5) is 0 Å². The minimum Gasteiger partial charge on any atom is -0.0726 e. The maximum atomic E-state index is 2.33. The summed E-state index contributed by atoms with van der Waals surface area (Å²) in [6, 6.07) is 19.7. The molecular weight excluding hydrogens is 240 g/mol. The van der Waals surface area contributed by atoms with Gasteiger partial charge >= 0.3 is 0 Å². The molecule has 0 saturated carbocycles. The largest absolute Gasteiger partial charge is 0.0726 e. The van der Waals surface area contributed by atoms with Crippen LogP contribution in [0.3, 0.4) is 0 Å². The van der Waals surface area contributed by atoms with Crippen molar-refractivity contribution in [2.45, 2.75) is 13.3 Å². The van der Waals surface area contributed by atoms with Gasteiger partial charge in [-0.15, -0.1) is 0 Å². The van der Waals surface area contributed by atoms with Crippen LogP contribution >= 0.6 is 0 Å². The van der Waals surface area contributed by atoms with Crippen LogP contribution in [0, 0.1) is 0 Å². The third kappa shape index (κ3) is 1.69. The van der Waals surface area contributed by atoms with Crippen molar-refractivity contribution in [2.75, 3.05) is 0 Å². The highest BCUT2D eigenvalue weighted by Gasteiger charge is 2.10. The Hall–Kier alpha value is -2.34. The molecule has 0 nitrogen and oxygen atoms in total. The molecular formula is C20H16. The molecule has 0 atom stereocenters. The molecule has 0 fully saturated rings. The normalized spacial score (nSPS) is 14.7.